The van der Waals surface area contributed by atoms with Crippen molar-refractivity contribution in [2.75, 3.05) is 0 Å². The average molecular weight is 370 g/mol. The van der Waals surface area contributed by atoms with E-state index in [1.165, 1.54) is 38.5 Å². The molecule has 0 amide bonds. The van der Waals surface area contributed by atoms with Crippen molar-refractivity contribution >= 4 is 22.7 Å². The number of carboxylic acids is 1. The fourth-order valence-electron chi connectivity index (χ4n) is 3.31. The van der Waals surface area contributed by atoms with Gasteiger partial charge in [-0.2, -0.15) is 0 Å². The molecule has 0 saturated heterocycles. The second-order valence-electron chi connectivity index (χ2n) is 7.02. The molecular weight excluding hydrogens is 340 g/mol. The molecule has 0 aliphatic rings. The molecule has 0 fully saturated rings. The number of benzene rings is 2. The number of carbonyl (C=O) groups is 2. The molecule has 4 heteroatoms. The van der Waals surface area contributed by atoms with Crippen LogP contribution in [0.1, 0.15) is 81.5 Å². The quantitative estimate of drug-likeness (QED) is 0.268. The lowest BCUT2D eigenvalue weighted by Gasteiger charge is -2.10. The molecule has 0 radical (unpaired) electrons. The Balaban J connectivity index is 1.79. The van der Waals surface area contributed by atoms with Gasteiger partial charge in [-0.1, -0.05) is 88.6 Å². The van der Waals surface area contributed by atoms with Gasteiger partial charge in [-0.15, -0.1) is 0 Å². The van der Waals surface area contributed by atoms with Crippen molar-refractivity contribution in [3.8, 4) is 5.75 Å². The number of esters is 1. The summed E-state index contributed by atoms with van der Waals surface area (Å²) < 4.78 is 5.37. The third-order valence-electron chi connectivity index (χ3n) is 4.81. The van der Waals surface area contributed by atoms with E-state index >= 15 is 0 Å². The zero-order valence-electron chi connectivity index (χ0n) is 16.2. The number of hydrogen-bond acceptors (Lipinski definition) is 3. The van der Waals surface area contributed by atoms with Gasteiger partial charge in [-0.05, 0) is 23.3 Å². The highest BCUT2D eigenvalue weighted by molar-refractivity contribution is 6.06. The van der Waals surface area contributed by atoms with E-state index in [9.17, 15) is 14.7 Å². The Morgan fingerprint density at radius 2 is 1.48 bits per heavy atom. The van der Waals surface area contributed by atoms with E-state index in [0.29, 0.717) is 11.8 Å². The van der Waals surface area contributed by atoms with Crippen molar-refractivity contribution in [2.24, 2.45) is 0 Å². The lowest BCUT2D eigenvalue weighted by molar-refractivity contribution is -0.134. The van der Waals surface area contributed by atoms with Crippen LogP contribution in [-0.2, 0) is 4.79 Å². The summed E-state index contributed by atoms with van der Waals surface area (Å²) in [6.07, 6.45) is 10.9. The van der Waals surface area contributed by atoms with E-state index in [4.69, 9.17) is 4.74 Å². The lowest BCUT2D eigenvalue weighted by Crippen LogP contribution is -2.11. The summed E-state index contributed by atoms with van der Waals surface area (Å²) in [7, 11) is 0. The highest BCUT2D eigenvalue weighted by Crippen LogP contribution is 2.28. The normalized spacial score (nSPS) is 10.9. The molecule has 27 heavy (non-hydrogen) atoms. The molecule has 146 valence electrons. The maximum atomic E-state index is 12.1. The Morgan fingerprint density at radius 1 is 0.852 bits per heavy atom. The van der Waals surface area contributed by atoms with E-state index in [-0.39, 0.29) is 17.3 Å². The topological polar surface area (TPSA) is 63.6 Å². The molecule has 2 rings (SSSR count). The van der Waals surface area contributed by atoms with Gasteiger partial charge in [0.05, 0.1) is 0 Å². The maximum Gasteiger partial charge on any atom is 0.340 e. The minimum atomic E-state index is -1.09. The third-order valence-corrected chi connectivity index (χ3v) is 4.81. The first-order valence-corrected chi connectivity index (χ1v) is 10.1. The molecule has 4 nitrogen and oxygen atoms in total. The Bertz CT molecular complexity index is 751. The number of carboxylic acid groups (broad SMARTS) is 1. The van der Waals surface area contributed by atoms with Crippen LogP contribution in [0, 0.1) is 0 Å². The van der Waals surface area contributed by atoms with Gasteiger partial charge in [0.15, 0.2) is 0 Å². The van der Waals surface area contributed by atoms with Crippen LogP contribution in [0.4, 0.5) is 0 Å². The SMILES string of the molecule is CCCCCCCCCCCC(=O)Oc1ccc2ccccc2c1C(=O)O. The summed E-state index contributed by atoms with van der Waals surface area (Å²) in [5.74, 6) is -1.32. The van der Waals surface area contributed by atoms with E-state index in [1.807, 2.05) is 12.1 Å². The second kappa shape index (κ2) is 11.4. The van der Waals surface area contributed by atoms with Gasteiger partial charge >= 0.3 is 11.9 Å². The summed E-state index contributed by atoms with van der Waals surface area (Å²) in [5.41, 5.74) is 0.0496. The van der Waals surface area contributed by atoms with Crippen LogP contribution in [0.2, 0.25) is 0 Å². The van der Waals surface area contributed by atoms with Gasteiger partial charge in [0.2, 0.25) is 0 Å². The van der Waals surface area contributed by atoms with E-state index in [1.54, 1.807) is 24.3 Å². The highest BCUT2D eigenvalue weighted by Gasteiger charge is 2.17. The minimum Gasteiger partial charge on any atom is -0.478 e. The van der Waals surface area contributed by atoms with E-state index < -0.39 is 5.97 Å². The van der Waals surface area contributed by atoms with Crippen molar-refractivity contribution in [1.29, 1.82) is 0 Å². The molecule has 0 heterocycles. The first kappa shape index (κ1) is 20.9. The molecule has 0 aliphatic heterocycles. The molecule has 0 bridgehead atoms. The number of hydrogen-bond donors (Lipinski definition) is 1. The van der Waals surface area contributed by atoms with Gasteiger partial charge in [0.25, 0.3) is 0 Å². The van der Waals surface area contributed by atoms with Crippen LogP contribution < -0.4 is 4.74 Å². The fraction of sp³-hybridized carbons (Fsp3) is 0.478. The molecule has 2 aromatic rings. The molecule has 0 aromatic heterocycles. The van der Waals surface area contributed by atoms with Gasteiger partial charge in [0, 0.05) is 6.42 Å². The zero-order valence-corrected chi connectivity index (χ0v) is 16.2. The Morgan fingerprint density at radius 3 is 2.15 bits per heavy atom. The highest BCUT2D eigenvalue weighted by atomic mass is 16.5. The summed E-state index contributed by atoms with van der Waals surface area (Å²) >= 11 is 0. The van der Waals surface area contributed by atoms with Crippen molar-refractivity contribution in [3.63, 3.8) is 0 Å². The first-order valence-electron chi connectivity index (χ1n) is 10.1. The summed E-state index contributed by atoms with van der Waals surface area (Å²) in [5, 5.41) is 10.9. The molecule has 0 spiro atoms. The first-order chi connectivity index (χ1) is 13.1. The van der Waals surface area contributed by atoms with Crippen LogP contribution in [0.5, 0.6) is 5.75 Å². The van der Waals surface area contributed by atoms with Crippen LogP contribution in [0.3, 0.4) is 0 Å². The molecule has 0 saturated carbocycles. The Labute approximate surface area is 161 Å². The number of aromatic carboxylic acids is 1. The number of rotatable bonds is 12. The van der Waals surface area contributed by atoms with Gasteiger partial charge in [-0.25, -0.2) is 4.79 Å². The summed E-state index contributed by atoms with van der Waals surface area (Å²) in [6.45, 7) is 2.22. The van der Waals surface area contributed by atoms with E-state index in [0.717, 1.165) is 24.6 Å². The summed E-state index contributed by atoms with van der Waals surface area (Å²) in [4.78, 5) is 23.8. The molecule has 0 atom stereocenters. The van der Waals surface area contributed by atoms with Crippen molar-refractivity contribution in [1.82, 2.24) is 0 Å². The van der Waals surface area contributed by atoms with Crippen molar-refractivity contribution in [2.45, 2.75) is 71.1 Å². The van der Waals surface area contributed by atoms with Crippen molar-refractivity contribution in [3.05, 3.63) is 42.0 Å². The summed E-state index contributed by atoms with van der Waals surface area (Å²) in [6, 6.07) is 10.6. The van der Waals surface area contributed by atoms with Crippen LogP contribution in [-0.4, -0.2) is 17.0 Å². The number of ether oxygens (including phenoxy) is 1. The monoisotopic (exact) mass is 370 g/mol. The lowest BCUT2D eigenvalue weighted by atomic mass is 10.0. The Kier molecular flexibility index (Phi) is 8.82. The fourth-order valence-corrected chi connectivity index (χ4v) is 3.31. The number of fused-ring (bicyclic) bond motifs is 1. The minimum absolute atomic E-state index is 0.0496. The predicted molar refractivity (Wildman–Crippen MR) is 108 cm³/mol. The van der Waals surface area contributed by atoms with Gasteiger partial charge in [-0.3, -0.25) is 4.79 Å². The zero-order chi connectivity index (χ0) is 19.5. The van der Waals surface area contributed by atoms with Crippen LogP contribution in [0.15, 0.2) is 36.4 Å². The second-order valence-corrected chi connectivity index (χ2v) is 7.02. The van der Waals surface area contributed by atoms with Crippen molar-refractivity contribution < 1.29 is 19.4 Å². The average Bonchev–Trinajstić information content (AvgIpc) is 2.66. The third kappa shape index (κ3) is 6.70. The number of unbranched alkanes of at least 4 members (excludes halogenated alkanes) is 8. The molecular formula is C23H30O4. The van der Waals surface area contributed by atoms with Crippen LogP contribution >= 0.6 is 0 Å². The molecule has 2 aromatic carbocycles. The van der Waals surface area contributed by atoms with Crippen LogP contribution in [0.25, 0.3) is 10.8 Å². The largest absolute Gasteiger partial charge is 0.478 e. The standard InChI is InChI=1S/C23H30O4/c1-2-3-4-5-6-7-8-9-10-15-21(24)27-20-17-16-18-13-11-12-14-19(18)22(20)23(25)26/h11-14,16-17H,2-10,15H2,1H3,(H,25,26). The Hall–Kier alpha value is -2.36. The smallest absolute Gasteiger partial charge is 0.340 e. The molecule has 1 N–H and O–H groups in total. The number of carbonyl (C=O) groups excluding carboxylic acids is 1. The van der Waals surface area contributed by atoms with Gasteiger partial charge in [0.1, 0.15) is 11.3 Å². The van der Waals surface area contributed by atoms with E-state index in [2.05, 4.69) is 6.92 Å². The molecule has 0 aliphatic carbocycles. The predicted octanol–water partition coefficient (Wildman–Crippen LogP) is 6.36. The van der Waals surface area contributed by atoms with Gasteiger partial charge < -0.3 is 9.84 Å². The maximum absolute atomic E-state index is 12.1. The molecule has 0 unspecified atom stereocenters.